The molecule has 31 heavy (non-hydrogen) atoms. The highest BCUT2D eigenvalue weighted by molar-refractivity contribution is 7.92. The smallest absolute Gasteiger partial charge is 0.316 e. The summed E-state index contributed by atoms with van der Waals surface area (Å²) in [5.41, 5.74) is -3.81. The number of hydrogen-bond donors (Lipinski definition) is 1. The number of aromatic nitrogens is 1. The highest BCUT2D eigenvalue weighted by Gasteiger charge is 2.46. The normalized spacial score (nSPS) is 12.4. The van der Waals surface area contributed by atoms with Gasteiger partial charge in [-0.05, 0) is 48.5 Å². The van der Waals surface area contributed by atoms with Gasteiger partial charge in [-0.1, -0.05) is 30.3 Å². The molecule has 0 aliphatic heterocycles. The van der Waals surface area contributed by atoms with Crippen LogP contribution in [0.5, 0.6) is 0 Å². The largest absolute Gasteiger partial charge is 0.501 e. The molecule has 0 amide bonds. The van der Waals surface area contributed by atoms with Crippen LogP contribution < -0.4 is 5.32 Å². The van der Waals surface area contributed by atoms with E-state index in [4.69, 9.17) is 0 Å². The average Bonchev–Trinajstić information content (AvgIpc) is 3.13. The second-order valence-corrected chi connectivity index (χ2v) is 10.1. The molecule has 0 saturated carbocycles. The molecule has 0 aliphatic rings. The van der Waals surface area contributed by atoms with Crippen molar-refractivity contribution in [3.8, 4) is 11.3 Å². The molecular weight excluding hydrogens is 477 g/mol. The Morgan fingerprint density at radius 1 is 0.903 bits per heavy atom. The van der Waals surface area contributed by atoms with Crippen LogP contribution in [0.15, 0.2) is 76.7 Å². The van der Waals surface area contributed by atoms with Gasteiger partial charge in [0.05, 0.1) is 15.5 Å². The van der Waals surface area contributed by atoms with Crippen molar-refractivity contribution < 1.29 is 30.0 Å². The van der Waals surface area contributed by atoms with Gasteiger partial charge in [0.15, 0.2) is 0 Å². The van der Waals surface area contributed by atoms with Crippen LogP contribution in [0, 0.1) is 0 Å². The first-order chi connectivity index (χ1) is 14.0. The fourth-order valence-electron chi connectivity index (χ4n) is 2.85. The standard InChI is InChI=1S/C19H17F3N2O4S2.ClH/c1-23-12-14-11-18(15-5-3-2-4-6-15)24(13-14)30(27,28)17-9-7-16(8-10-17)29(25,26)19(20,21)22;/h2-11,13,23H,12H2,1H3;1H. The van der Waals surface area contributed by atoms with Crippen molar-refractivity contribution in [2.75, 3.05) is 7.05 Å². The quantitative estimate of drug-likeness (QED) is 0.563. The van der Waals surface area contributed by atoms with Gasteiger partial charge in [-0.3, -0.25) is 0 Å². The van der Waals surface area contributed by atoms with Crippen molar-refractivity contribution in [1.82, 2.24) is 9.29 Å². The number of halogens is 4. The molecule has 1 N–H and O–H groups in total. The number of hydrogen-bond acceptors (Lipinski definition) is 5. The van der Waals surface area contributed by atoms with Gasteiger partial charge in [-0.25, -0.2) is 20.8 Å². The Bertz CT molecular complexity index is 1260. The predicted molar refractivity (Wildman–Crippen MR) is 112 cm³/mol. The van der Waals surface area contributed by atoms with Gasteiger partial charge in [0.2, 0.25) is 0 Å². The predicted octanol–water partition coefficient (Wildman–Crippen LogP) is 3.83. The van der Waals surface area contributed by atoms with Crippen molar-refractivity contribution in [2.45, 2.75) is 21.8 Å². The summed E-state index contributed by atoms with van der Waals surface area (Å²) in [6.07, 6.45) is 1.41. The summed E-state index contributed by atoms with van der Waals surface area (Å²) >= 11 is 0. The van der Waals surface area contributed by atoms with Gasteiger partial charge < -0.3 is 5.32 Å². The molecule has 0 saturated heterocycles. The number of rotatable bonds is 6. The zero-order chi connectivity index (χ0) is 22.2. The highest BCUT2D eigenvalue weighted by atomic mass is 35.5. The monoisotopic (exact) mass is 494 g/mol. The number of nitrogens with zero attached hydrogens (tertiary/aromatic N) is 1. The fraction of sp³-hybridized carbons (Fsp3) is 0.158. The van der Waals surface area contributed by atoms with E-state index >= 15 is 0 Å². The van der Waals surface area contributed by atoms with Gasteiger partial charge >= 0.3 is 5.51 Å². The lowest BCUT2D eigenvalue weighted by atomic mass is 10.1. The Hall–Kier alpha value is -2.34. The van der Waals surface area contributed by atoms with Crippen LogP contribution >= 0.6 is 12.4 Å². The third-order valence-electron chi connectivity index (χ3n) is 4.29. The number of benzene rings is 2. The van der Waals surface area contributed by atoms with E-state index in [1.54, 1.807) is 43.4 Å². The van der Waals surface area contributed by atoms with Crippen molar-refractivity contribution in [1.29, 1.82) is 0 Å². The number of nitrogens with one attached hydrogen (secondary N) is 1. The average molecular weight is 495 g/mol. The lowest BCUT2D eigenvalue weighted by Crippen LogP contribution is -2.23. The Kier molecular flexibility index (Phi) is 7.26. The minimum Gasteiger partial charge on any atom is -0.316 e. The Morgan fingerprint density at radius 3 is 1.97 bits per heavy atom. The maximum atomic E-state index is 13.2. The van der Waals surface area contributed by atoms with Crippen LogP contribution in [0.2, 0.25) is 0 Å². The lowest BCUT2D eigenvalue weighted by Gasteiger charge is -2.12. The summed E-state index contributed by atoms with van der Waals surface area (Å²) in [4.78, 5) is -1.37. The van der Waals surface area contributed by atoms with Crippen LogP contribution in [0.25, 0.3) is 11.3 Å². The van der Waals surface area contributed by atoms with Gasteiger partial charge in [-0.2, -0.15) is 13.2 Å². The summed E-state index contributed by atoms with van der Waals surface area (Å²) < 4.78 is 88.6. The van der Waals surface area contributed by atoms with Gasteiger partial charge in [0.25, 0.3) is 19.9 Å². The Balaban J connectivity index is 0.00000341. The molecular formula is C19H18ClF3N2O4S2. The first kappa shape index (κ1) is 24.9. The molecule has 6 nitrogen and oxygen atoms in total. The fourth-order valence-corrected chi connectivity index (χ4v) is 5.01. The van der Waals surface area contributed by atoms with E-state index in [0.717, 1.165) is 16.1 Å². The van der Waals surface area contributed by atoms with Crippen LogP contribution in [-0.4, -0.2) is 33.4 Å². The molecule has 0 atom stereocenters. The number of sulfone groups is 1. The highest BCUT2D eigenvalue weighted by Crippen LogP contribution is 2.32. The van der Waals surface area contributed by atoms with E-state index in [1.165, 1.54) is 6.20 Å². The molecule has 3 rings (SSSR count). The number of alkyl halides is 3. The van der Waals surface area contributed by atoms with Crippen molar-refractivity contribution in [3.05, 3.63) is 72.4 Å². The first-order valence-corrected chi connectivity index (χ1v) is 11.5. The summed E-state index contributed by atoms with van der Waals surface area (Å²) in [6, 6.07) is 13.4. The summed E-state index contributed by atoms with van der Waals surface area (Å²) in [7, 11) is -8.07. The molecule has 12 heteroatoms. The third kappa shape index (κ3) is 4.79. The zero-order valence-electron chi connectivity index (χ0n) is 16.0. The molecule has 0 spiro atoms. The topological polar surface area (TPSA) is 85.2 Å². The molecule has 1 aromatic heterocycles. The molecule has 3 aromatic rings. The molecule has 168 valence electrons. The van der Waals surface area contributed by atoms with Gasteiger partial charge in [0.1, 0.15) is 0 Å². The van der Waals surface area contributed by atoms with Crippen molar-refractivity contribution in [2.24, 2.45) is 0 Å². The van der Waals surface area contributed by atoms with Crippen LogP contribution in [0.3, 0.4) is 0 Å². The molecule has 0 unspecified atom stereocenters. The van der Waals surface area contributed by atoms with Crippen molar-refractivity contribution >= 4 is 32.3 Å². The summed E-state index contributed by atoms with van der Waals surface area (Å²) in [5.74, 6) is 0. The van der Waals surface area contributed by atoms with Gasteiger partial charge in [-0.15, -0.1) is 12.4 Å². The molecule has 0 bridgehead atoms. The minimum atomic E-state index is -5.57. The van der Waals surface area contributed by atoms with E-state index < -0.39 is 30.3 Å². The Morgan fingerprint density at radius 2 is 1.45 bits per heavy atom. The second-order valence-electron chi connectivity index (χ2n) is 6.35. The van der Waals surface area contributed by atoms with E-state index in [-0.39, 0.29) is 17.3 Å². The second kappa shape index (κ2) is 9.03. The van der Waals surface area contributed by atoms with E-state index in [0.29, 0.717) is 35.5 Å². The maximum absolute atomic E-state index is 13.2. The SMILES string of the molecule is CNCc1cc(-c2ccccc2)n(S(=O)(=O)c2ccc(S(=O)(=O)C(F)(F)F)cc2)c1.Cl. The Labute approximate surface area is 184 Å². The molecule has 0 radical (unpaired) electrons. The molecule has 2 aromatic carbocycles. The zero-order valence-corrected chi connectivity index (χ0v) is 18.4. The molecule has 0 aliphatic carbocycles. The molecule has 1 heterocycles. The van der Waals surface area contributed by atoms with E-state index in [1.807, 2.05) is 0 Å². The first-order valence-electron chi connectivity index (χ1n) is 8.57. The van der Waals surface area contributed by atoms with Crippen LogP contribution in [0.4, 0.5) is 13.2 Å². The molecule has 0 fully saturated rings. The third-order valence-corrected chi connectivity index (χ3v) is 7.48. The van der Waals surface area contributed by atoms with Crippen molar-refractivity contribution in [3.63, 3.8) is 0 Å². The van der Waals surface area contributed by atoms with Crippen LogP contribution in [-0.2, 0) is 26.4 Å². The summed E-state index contributed by atoms with van der Waals surface area (Å²) in [6.45, 7) is 0.394. The van der Waals surface area contributed by atoms with Crippen LogP contribution in [0.1, 0.15) is 5.56 Å². The maximum Gasteiger partial charge on any atom is 0.501 e. The van der Waals surface area contributed by atoms with E-state index in [9.17, 15) is 30.0 Å². The minimum absolute atomic E-state index is 0. The van der Waals surface area contributed by atoms with Gasteiger partial charge in [0, 0.05) is 12.7 Å². The van der Waals surface area contributed by atoms with E-state index in [2.05, 4.69) is 5.32 Å². The summed E-state index contributed by atoms with van der Waals surface area (Å²) in [5, 5.41) is 2.92. The lowest BCUT2D eigenvalue weighted by molar-refractivity contribution is -0.0436.